The van der Waals surface area contributed by atoms with Gasteiger partial charge in [-0.3, -0.25) is 0 Å². The van der Waals surface area contributed by atoms with E-state index in [-0.39, 0.29) is 16.5 Å². The van der Waals surface area contributed by atoms with Crippen LogP contribution in [-0.2, 0) is 0 Å². The van der Waals surface area contributed by atoms with Gasteiger partial charge in [0.05, 0.1) is 5.02 Å². The Hall–Kier alpha value is -2.67. The molecule has 3 rings (SSSR count). The van der Waals surface area contributed by atoms with Gasteiger partial charge in [-0.15, -0.1) is 5.10 Å². The number of anilines is 2. The van der Waals surface area contributed by atoms with Crippen molar-refractivity contribution in [2.24, 2.45) is 0 Å². The maximum absolute atomic E-state index is 14.0. The maximum Gasteiger partial charge on any atom is 0.189 e. The number of nitrogens with zero attached hydrogens (tertiary/aromatic N) is 4. The number of rotatable bonds is 2. The van der Waals surface area contributed by atoms with E-state index in [0.717, 1.165) is 0 Å². The van der Waals surface area contributed by atoms with Crippen molar-refractivity contribution in [3.8, 4) is 17.1 Å². The summed E-state index contributed by atoms with van der Waals surface area (Å²) in [5.41, 5.74) is 13.1. The first-order valence-electron chi connectivity index (χ1n) is 5.96. The molecule has 0 aliphatic carbocycles. The van der Waals surface area contributed by atoms with Crippen molar-refractivity contribution in [1.82, 2.24) is 20.2 Å². The number of aromatic nitrogens is 4. The number of halogens is 2. The van der Waals surface area contributed by atoms with Crippen LogP contribution in [0.15, 0.2) is 36.4 Å². The number of hydrogen-bond acceptors (Lipinski definition) is 5. The zero-order valence-electron chi connectivity index (χ0n) is 10.7. The highest BCUT2D eigenvalue weighted by Gasteiger charge is 2.18. The molecule has 0 fully saturated rings. The molecular formula is C13H10ClFN6. The Morgan fingerprint density at radius 3 is 2.67 bits per heavy atom. The van der Waals surface area contributed by atoms with Gasteiger partial charge in [0.1, 0.15) is 5.69 Å². The van der Waals surface area contributed by atoms with Gasteiger partial charge in [0.15, 0.2) is 11.6 Å². The first kappa shape index (κ1) is 13.3. The lowest BCUT2D eigenvalue weighted by atomic mass is 10.1. The maximum atomic E-state index is 14.0. The van der Waals surface area contributed by atoms with Crippen LogP contribution in [0, 0.1) is 5.82 Å². The van der Waals surface area contributed by atoms with Crippen LogP contribution >= 0.6 is 11.6 Å². The number of para-hydroxylation sites is 1. The van der Waals surface area contributed by atoms with E-state index in [2.05, 4.69) is 15.5 Å². The van der Waals surface area contributed by atoms with Crippen LogP contribution < -0.4 is 11.5 Å². The van der Waals surface area contributed by atoms with Crippen molar-refractivity contribution in [2.45, 2.75) is 0 Å². The first-order valence-corrected chi connectivity index (χ1v) is 6.34. The Morgan fingerprint density at radius 2 is 1.95 bits per heavy atom. The third-order valence-corrected chi connectivity index (χ3v) is 3.24. The van der Waals surface area contributed by atoms with Gasteiger partial charge in [-0.2, -0.15) is 4.68 Å². The van der Waals surface area contributed by atoms with E-state index in [1.54, 1.807) is 24.3 Å². The second-order valence-corrected chi connectivity index (χ2v) is 4.74. The topological polar surface area (TPSA) is 95.6 Å². The number of hydrogen-bond donors (Lipinski definition) is 2. The molecule has 1 heterocycles. The van der Waals surface area contributed by atoms with Gasteiger partial charge < -0.3 is 11.5 Å². The molecule has 0 aliphatic heterocycles. The summed E-state index contributed by atoms with van der Waals surface area (Å²) in [6.45, 7) is 0. The van der Waals surface area contributed by atoms with E-state index in [1.807, 2.05) is 0 Å². The molecule has 0 spiro atoms. The quantitative estimate of drug-likeness (QED) is 0.708. The minimum Gasteiger partial charge on any atom is -0.399 e. The van der Waals surface area contributed by atoms with E-state index in [0.29, 0.717) is 16.9 Å². The van der Waals surface area contributed by atoms with Crippen molar-refractivity contribution in [3.63, 3.8) is 0 Å². The van der Waals surface area contributed by atoms with Crippen LogP contribution in [0.1, 0.15) is 0 Å². The number of nitrogen functional groups attached to an aromatic ring is 2. The highest BCUT2D eigenvalue weighted by Crippen LogP contribution is 2.30. The number of benzene rings is 2. The fourth-order valence-corrected chi connectivity index (χ4v) is 2.22. The summed E-state index contributed by atoms with van der Waals surface area (Å²) in [4.78, 5) is 0. The molecule has 0 bridgehead atoms. The average molecular weight is 305 g/mol. The van der Waals surface area contributed by atoms with Crippen molar-refractivity contribution >= 4 is 23.0 Å². The summed E-state index contributed by atoms with van der Waals surface area (Å²) in [6.07, 6.45) is 0. The van der Waals surface area contributed by atoms with E-state index in [9.17, 15) is 4.39 Å². The summed E-state index contributed by atoms with van der Waals surface area (Å²) >= 11 is 6.04. The molecule has 0 unspecified atom stereocenters. The van der Waals surface area contributed by atoms with Crippen molar-refractivity contribution in [3.05, 3.63) is 47.2 Å². The van der Waals surface area contributed by atoms with Crippen LogP contribution in [0.3, 0.4) is 0 Å². The molecule has 0 amide bonds. The molecular weight excluding hydrogens is 295 g/mol. The van der Waals surface area contributed by atoms with Crippen molar-refractivity contribution < 1.29 is 4.39 Å². The molecule has 8 heteroatoms. The molecule has 2 aromatic carbocycles. The standard InChI is InChI=1S/C13H10ClFN6/c14-9-2-1-3-10(15)12(9)21-13(18-19-20-21)8-5-4-7(16)6-11(8)17/h1-6H,16-17H2. The predicted molar refractivity (Wildman–Crippen MR) is 78.4 cm³/mol. The van der Waals surface area contributed by atoms with Gasteiger partial charge in [0.2, 0.25) is 0 Å². The Kier molecular flexibility index (Phi) is 3.19. The molecule has 0 atom stereocenters. The average Bonchev–Trinajstić information content (AvgIpc) is 2.87. The fraction of sp³-hybridized carbons (Fsp3) is 0. The Balaban J connectivity index is 2.22. The Labute approximate surface area is 124 Å². The minimum absolute atomic E-state index is 0.0652. The lowest BCUT2D eigenvalue weighted by Crippen LogP contribution is -2.05. The van der Waals surface area contributed by atoms with E-state index in [4.69, 9.17) is 23.1 Å². The predicted octanol–water partition coefficient (Wildman–Crippen LogP) is 2.29. The summed E-state index contributed by atoms with van der Waals surface area (Å²) < 4.78 is 15.2. The second-order valence-electron chi connectivity index (χ2n) is 4.33. The molecule has 4 N–H and O–H groups in total. The molecule has 1 aromatic heterocycles. The van der Waals surface area contributed by atoms with Crippen LogP contribution in [-0.4, -0.2) is 20.2 Å². The molecule has 3 aromatic rings. The van der Waals surface area contributed by atoms with Gasteiger partial charge in [-0.05, 0) is 40.8 Å². The normalized spacial score (nSPS) is 10.8. The zero-order valence-corrected chi connectivity index (χ0v) is 11.4. The van der Waals surface area contributed by atoms with Crippen LogP contribution in [0.5, 0.6) is 0 Å². The van der Waals surface area contributed by atoms with Crippen LogP contribution in [0.4, 0.5) is 15.8 Å². The lowest BCUT2D eigenvalue weighted by Gasteiger charge is -2.09. The Bertz CT molecular complexity index is 796. The second kappa shape index (κ2) is 5.02. The molecule has 106 valence electrons. The third kappa shape index (κ3) is 2.27. The molecule has 0 aliphatic rings. The SMILES string of the molecule is Nc1ccc(-c2nnnn2-c2c(F)cccc2Cl)c(N)c1. The van der Waals surface area contributed by atoms with Crippen LogP contribution in [0.25, 0.3) is 17.1 Å². The molecule has 0 saturated carbocycles. The third-order valence-electron chi connectivity index (χ3n) is 2.94. The monoisotopic (exact) mass is 304 g/mol. The van der Waals surface area contributed by atoms with Crippen molar-refractivity contribution in [1.29, 1.82) is 0 Å². The Morgan fingerprint density at radius 1 is 1.14 bits per heavy atom. The highest BCUT2D eigenvalue weighted by atomic mass is 35.5. The highest BCUT2D eigenvalue weighted by molar-refractivity contribution is 6.32. The van der Waals surface area contributed by atoms with Gasteiger partial charge in [-0.25, -0.2) is 4.39 Å². The van der Waals surface area contributed by atoms with E-state index < -0.39 is 5.82 Å². The summed E-state index contributed by atoms with van der Waals surface area (Å²) in [5, 5.41) is 11.4. The minimum atomic E-state index is -0.537. The molecule has 0 radical (unpaired) electrons. The summed E-state index contributed by atoms with van der Waals surface area (Å²) in [5.74, 6) is -0.260. The van der Waals surface area contributed by atoms with Gasteiger partial charge in [-0.1, -0.05) is 17.7 Å². The first-order chi connectivity index (χ1) is 10.1. The lowest BCUT2D eigenvalue weighted by molar-refractivity contribution is 0.608. The van der Waals surface area contributed by atoms with Gasteiger partial charge in [0, 0.05) is 16.9 Å². The molecule has 21 heavy (non-hydrogen) atoms. The fourth-order valence-electron chi connectivity index (χ4n) is 1.98. The largest absolute Gasteiger partial charge is 0.399 e. The van der Waals surface area contributed by atoms with Gasteiger partial charge in [0.25, 0.3) is 0 Å². The summed E-state index contributed by atoms with van der Waals surface area (Å²) in [6, 6.07) is 9.24. The number of tetrazole rings is 1. The smallest absolute Gasteiger partial charge is 0.189 e. The summed E-state index contributed by atoms with van der Waals surface area (Å²) in [7, 11) is 0. The number of nitrogens with two attached hydrogens (primary N) is 2. The molecule has 6 nitrogen and oxygen atoms in total. The van der Waals surface area contributed by atoms with E-state index >= 15 is 0 Å². The van der Waals surface area contributed by atoms with Crippen LogP contribution in [0.2, 0.25) is 5.02 Å². The van der Waals surface area contributed by atoms with Gasteiger partial charge >= 0.3 is 0 Å². The van der Waals surface area contributed by atoms with E-state index in [1.165, 1.54) is 16.8 Å². The van der Waals surface area contributed by atoms with Crippen molar-refractivity contribution in [2.75, 3.05) is 11.5 Å². The molecule has 0 saturated heterocycles. The zero-order chi connectivity index (χ0) is 15.0.